The lowest BCUT2D eigenvalue weighted by Gasteiger charge is -2.28. The van der Waals surface area contributed by atoms with Gasteiger partial charge in [0.2, 0.25) is 5.79 Å². The van der Waals surface area contributed by atoms with E-state index in [0.29, 0.717) is 29.3 Å². The van der Waals surface area contributed by atoms with Crippen molar-refractivity contribution in [3.8, 4) is 0 Å². The quantitative estimate of drug-likeness (QED) is 0.123. The van der Waals surface area contributed by atoms with Crippen molar-refractivity contribution in [1.82, 2.24) is 0 Å². The Kier molecular flexibility index (Phi) is 11.9. The Morgan fingerprint density at radius 3 is 1.90 bits per heavy atom. The average Bonchev–Trinajstić information content (AvgIpc) is 2.99. The molecule has 0 radical (unpaired) electrons. The monoisotopic (exact) mass is 554 g/mol. The smallest absolute Gasteiger partial charge is 0.206 e. The summed E-state index contributed by atoms with van der Waals surface area (Å²) in [5, 5.41) is 38.7. The number of hydrogen-bond acceptors (Lipinski definition) is 7. The fourth-order valence-electron chi connectivity index (χ4n) is 4.80. The van der Waals surface area contributed by atoms with E-state index >= 15 is 0 Å². The summed E-state index contributed by atoms with van der Waals surface area (Å²) < 4.78 is 5.84. The van der Waals surface area contributed by atoms with Crippen LogP contribution in [0.25, 0.3) is 0 Å². The van der Waals surface area contributed by atoms with Crippen molar-refractivity contribution >= 4 is 17.1 Å². The van der Waals surface area contributed by atoms with Gasteiger partial charge in [-0.25, -0.2) is 0 Å². The Balaban J connectivity index is 1.27. The number of nitrogens with zero attached hydrogens (tertiary/aromatic N) is 4. The van der Waals surface area contributed by atoms with Crippen molar-refractivity contribution in [2.45, 2.75) is 83.0 Å². The second kappa shape index (κ2) is 16.1. The fourth-order valence-corrected chi connectivity index (χ4v) is 4.80. The van der Waals surface area contributed by atoms with E-state index in [9.17, 15) is 10.2 Å². The molecule has 2 aromatic carbocycles. The number of aliphatic hydroxyl groups excluding tert-OH is 1. The molecule has 0 bridgehead atoms. The van der Waals surface area contributed by atoms with Gasteiger partial charge in [0.1, 0.15) is 11.8 Å². The molecular formula is C34H42N4O3. The van der Waals surface area contributed by atoms with E-state index in [1.54, 1.807) is 42.5 Å². The van der Waals surface area contributed by atoms with E-state index in [2.05, 4.69) is 27.4 Å². The van der Waals surface area contributed by atoms with Gasteiger partial charge in [-0.15, -0.1) is 0 Å². The molecule has 7 heteroatoms. The lowest BCUT2D eigenvalue weighted by atomic mass is 9.89. The molecule has 2 aromatic rings. The van der Waals surface area contributed by atoms with Crippen molar-refractivity contribution in [2.24, 2.45) is 20.5 Å². The molecule has 0 aliphatic heterocycles. The van der Waals surface area contributed by atoms with Crippen LogP contribution in [0, 0.1) is 0 Å². The Hall–Kier alpha value is -3.52. The maximum Gasteiger partial charge on any atom is 0.206 e. The number of benzene rings is 2. The largest absolute Gasteiger partial charge is 0.383 e. The molecule has 2 N–H and O–H groups in total. The first-order valence-corrected chi connectivity index (χ1v) is 14.9. The highest BCUT2D eigenvalue weighted by Gasteiger charge is 2.30. The zero-order valence-corrected chi connectivity index (χ0v) is 24.0. The van der Waals surface area contributed by atoms with Crippen LogP contribution in [0.2, 0.25) is 0 Å². The van der Waals surface area contributed by atoms with E-state index in [1.807, 2.05) is 42.5 Å². The molecule has 7 nitrogen and oxygen atoms in total. The van der Waals surface area contributed by atoms with Crippen LogP contribution in [0.1, 0.15) is 71.1 Å². The Morgan fingerprint density at radius 1 is 0.707 bits per heavy atom. The molecule has 2 aliphatic rings. The summed E-state index contributed by atoms with van der Waals surface area (Å²) in [5.41, 5.74) is 3.98. The Morgan fingerprint density at radius 2 is 1.27 bits per heavy atom. The van der Waals surface area contributed by atoms with Gasteiger partial charge in [0.15, 0.2) is 0 Å². The molecular weight excluding hydrogens is 512 g/mol. The lowest BCUT2D eigenvalue weighted by molar-refractivity contribution is -0.131. The van der Waals surface area contributed by atoms with Gasteiger partial charge in [-0.3, -0.25) is 0 Å². The minimum Gasteiger partial charge on any atom is -0.383 e. The number of fused-ring (bicyclic) bond motifs is 1. The molecule has 216 valence electrons. The highest BCUT2D eigenvalue weighted by atomic mass is 16.6. The Bertz CT molecular complexity index is 1280. The number of hydrogen-bond donors (Lipinski definition) is 2. The lowest BCUT2D eigenvalue weighted by Crippen LogP contribution is -2.31. The van der Waals surface area contributed by atoms with Crippen LogP contribution in [-0.2, 0) is 4.74 Å². The summed E-state index contributed by atoms with van der Waals surface area (Å²) in [4.78, 5) is 0. The average molecular weight is 555 g/mol. The van der Waals surface area contributed by atoms with Gasteiger partial charge in [-0.1, -0.05) is 95.1 Å². The first kappa shape index (κ1) is 30.4. The first-order valence-electron chi connectivity index (χ1n) is 14.9. The van der Waals surface area contributed by atoms with Crippen LogP contribution in [0.5, 0.6) is 0 Å². The SMILES string of the molecule is CCCCCCCCCCCCOC1(O)C=CC2=C(/N=N/c3ccc(/N=N/c4ccccc4)cc3)C(O)C=CC2=C1. The summed E-state index contributed by atoms with van der Waals surface area (Å²) in [6.45, 7) is 2.73. The minimum absolute atomic E-state index is 0.416. The van der Waals surface area contributed by atoms with E-state index in [0.717, 1.165) is 24.1 Å². The first-order chi connectivity index (χ1) is 20.1. The number of allylic oxidation sites excluding steroid dienone is 4. The molecule has 41 heavy (non-hydrogen) atoms. The summed E-state index contributed by atoms with van der Waals surface area (Å²) in [5.74, 6) is -1.48. The summed E-state index contributed by atoms with van der Waals surface area (Å²) in [7, 11) is 0. The van der Waals surface area contributed by atoms with Gasteiger partial charge < -0.3 is 14.9 Å². The second-order valence-corrected chi connectivity index (χ2v) is 10.6. The predicted molar refractivity (Wildman–Crippen MR) is 164 cm³/mol. The molecule has 0 aromatic heterocycles. The van der Waals surface area contributed by atoms with Crippen LogP contribution in [0.15, 0.2) is 122 Å². The highest BCUT2D eigenvalue weighted by Crippen LogP contribution is 2.34. The third kappa shape index (κ3) is 9.81. The molecule has 0 spiro atoms. The molecule has 0 saturated heterocycles. The van der Waals surface area contributed by atoms with E-state index in [1.165, 1.54) is 51.4 Å². The summed E-state index contributed by atoms with van der Waals surface area (Å²) >= 11 is 0. The van der Waals surface area contributed by atoms with Gasteiger partial charge in [0, 0.05) is 5.57 Å². The van der Waals surface area contributed by atoms with Crippen LogP contribution in [0.3, 0.4) is 0 Å². The van der Waals surface area contributed by atoms with Crippen molar-refractivity contribution < 1.29 is 14.9 Å². The fraction of sp³-hybridized carbons (Fsp3) is 0.412. The maximum atomic E-state index is 11.0. The van der Waals surface area contributed by atoms with Gasteiger partial charge >= 0.3 is 0 Å². The zero-order chi connectivity index (χ0) is 28.8. The number of unbranched alkanes of at least 4 members (excludes halogenated alkanes) is 9. The molecule has 2 unspecified atom stereocenters. The Labute approximate surface area is 243 Å². The van der Waals surface area contributed by atoms with E-state index < -0.39 is 11.9 Å². The normalized spacial score (nSPS) is 20.3. The third-order valence-corrected chi connectivity index (χ3v) is 7.17. The summed E-state index contributed by atoms with van der Waals surface area (Å²) in [6, 6.07) is 16.8. The van der Waals surface area contributed by atoms with Gasteiger partial charge in [0.05, 0.1) is 23.7 Å². The van der Waals surface area contributed by atoms with Crippen molar-refractivity contribution in [1.29, 1.82) is 0 Å². The zero-order valence-electron chi connectivity index (χ0n) is 24.0. The molecule has 0 heterocycles. The van der Waals surface area contributed by atoms with Gasteiger partial charge in [0.25, 0.3) is 0 Å². The second-order valence-electron chi connectivity index (χ2n) is 10.6. The number of aliphatic hydroxyl groups is 2. The van der Waals surface area contributed by atoms with Crippen LogP contribution >= 0.6 is 0 Å². The van der Waals surface area contributed by atoms with Crippen LogP contribution < -0.4 is 0 Å². The maximum absolute atomic E-state index is 11.0. The molecule has 4 rings (SSSR count). The topological polar surface area (TPSA) is 99.1 Å². The van der Waals surface area contributed by atoms with E-state index in [4.69, 9.17) is 4.74 Å². The number of ether oxygens (including phenoxy) is 1. The van der Waals surface area contributed by atoms with Gasteiger partial charge in [-0.05, 0) is 66.6 Å². The third-order valence-electron chi connectivity index (χ3n) is 7.17. The van der Waals surface area contributed by atoms with E-state index in [-0.39, 0.29) is 0 Å². The van der Waals surface area contributed by atoms with Crippen molar-refractivity contribution in [3.63, 3.8) is 0 Å². The molecule has 0 fully saturated rings. The predicted octanol–water partition coefficient (Wildman–Crippen LogP) is 9.49. The number of rotatable bonds is 16. The molecule has 2 atom stereocenters. The number of azo groups is 2. The molecule has 0 amide bonds. The van der Waals surface area contributed by atoms with Crippen LogP contribution in [0.4, 0.5) is 17.1 Å². The van der Waals surface area contributed by atoms with Crippen LogP contribution in [-0.4, -0.2) is 28.7 Å². The molecule has 0 saturated carbocycles. The summed E-state index contributed by atoms with van der Waals surface area (Å²) in [6.07, 6.45) is 20.0. The van der Waals surface area contributed by atoms with Crippen molar-refractivity contribution in [3.05, 3.63) is 102 Å². The minimum atomic E-state index is -1.48. The van der Waals surface area contributed by atoms with Crippen molar-refractivity contribution in [2.75, 3.05) is 6.61 Å². The standard InChI is InChI=1S/C34H42N4O3/c1-2-3-4-5-6-7-8-9-10-14-25-41-34(40)24-23-31-27(26-34)17-22-32(39)33(31)38-37-30-20-18-29(19-21-30)36-35-28-15-12-11-13-16-28/h11-13,15-24,26,32,39-40H,2-10,14,25H2,1H3/b36-35+,38-37+. The highest BCUT2D eigenvalue weighted by molar-refractivity contribution is 5.58. The molecule has 2 aliphatic carbocycles. The van der Waals surface area contributed by atoms with Gasteiger partial charge in [-0.2, -0.15) is 20.5 Å².